The van der Waals surface area contributed by atoms with Crippen molar-refractivity contribution < 1.29 is 5.11 Å². The summed E-state index contributed by atoms with van der Waals surface area (Å²) in [5.74, 6) is 7.61. The van der Waals surface area contributed by atoms with Gasteiger partial charge < -0.3 is 5.11 Å². The fourth-order valence-corrected chi connectivity index (χ4v) is 3.66. The van der Waals surface area contributed by atoms with Gasteiger partial charge in [-0.3, -0.25) is 0 Å². The van der Waals surface area contributed by atoms with Crippen LogP contribution in [0.15, 0.2) is 12.2 Å². The summed E-state index contributed by atoms with van der Waals surface area (Å²) in [6, 6.07) is 0. The van der Waals surface area contributed by atoms with Crippen LogP contribution in [0.3, 0.4) is 0 Å². The molecule has 1 N–H and O–H groups in total. The van der Waals surface area contributed by atoms with Gasteiger partial charge in [-0.05, 0) is 31.1 Å². The SMILES string of the molecule is CC#CC(O)C1(C)C2C=CC(C2)C1CC. The van der Waals surface area contributed by atoms with Crippen molar-refractivity contribution in [1.82, 2.24) is 0 Å². The van der Waals surface area contributed by atoms with Gasteiger partial charge in [0.1, 0.15) is 6.10 Å². The second-order valence-corrected chi connectivity index (χ2v) is 5.07. The third-order valence-corrected chi connectivity index (χ3v) is 4.54. The van der Waals surface area contributed by atoms with Gasteiger partial charge in [0, 0.05) is 5.41 Å². The highest BCUT2D eigenvalue weighted by Gasteiger charge is 2.55. The molecule has 0 heterocycles. The van der Waals surface area contributed by atoms with Crippen LogP contribution in [0.2, 0.25) is 0 Å². The molecule has 1 saturated carbocycles. The van der Waals surface area contributed by atoms with Gasteiger partial charge >= 0.3 is 0 Å². The van der Waals surface area contributed by atoms with Gasteiger partial charge in [0.2, 0.25) is 0 Å². The Hall–Kier alpha value is -0.740. The summed E-state index contributed by atoms with van der Waals surface area (Å²) in [6.45, 7) is 6.24. The highest BCUT2D eigenvalue weighted by Crippen LogP contribution is 2.58. The maximum absolute atomic E-state index is 10.2. The Bertz CT molecular complexity index is 333. The minimum atomic E-state index is -0.465. The fourth-order valence-electron chi connectivity index (χ4n) is 3.66. The van der Waals surface area contributed by atoms with Crippen LogP contribution >= 0.6 is 0 Å². The quantitative estimate of drug-likeness (QED) is 0.541. The van der Waals surface area contributed by atoms with Crippen LogP contribution < -0.4 is 0 Å². The van der Waals surface area contributed by atoms with Crippen LogP contribution in [-0.2, 0) is 0 Å². The van der Waals surface area contributed by atoms with Crippen LogP contribution in [0.5, 0.6) is 0 Å². The highest BCUT2D eigenvalue weighted by molar-refractivity contribution is 5.23. The van der Waals surface area contributed by atoms with E-state index in [9.17, 15) is 5.11 Å². The zero-order chi connectivity index (χ0) is 11.1. The van der Waals surface area contributed by atoms with E-state index in [4.69, 9.17) is 0 Å². The van der Waals surface area contributed by atoms with E-state index in [0.29, 0.717) is 17.8 Å². The molecule has 1 nitrogen and oxygen atoms in total. The van der Waals surface area contributed by atoms with Crippen molar-refractivity contribution in [3.05, 3.63) is 12.2 Å². The van der Waals surface area contributed by atoms with E-state index in [2.05, 4.69) is 37.8 Å². The van der Waals surface area contributed by atoms with Crippen molar-refractivity contribution in [3.8, 4) is 11.8 Å². The molecule has 1 heteroatoms. The van der Waals surface area contributed by atoms with Gasteiger partial charge in [0.15, 0.2) is 0 Å². The Morgan fingerprint density at radius 1 is 1.53 bits per heavy atom. The molecule has 82 valence electrons. The third kappa shape index (κ3) is 1.35. The first kappa shape index (κ1) is 10.8. The molecule has 0 aromatic carbocycles. The number of aliphatic hydroxyl groups is 1. The van der Waals surface area contributed by atoms with E-state index < -0.39 is 6.10 Å². The summed E-state index contributed by atoms with van der Waals surface area (Å²) in [4.78, 5) is 0. The van der Waals surface area contributed by atoms with E-state index in [-0.39, 0.29) is 5.41 Å². The Balaban J connectivity index is 2.32. The molecule has 0 saturated heterocycles. The summed E-state index contributed by atoms with van der Waals surface area (Å²) >= 11 is 0. The van der Waals surface area contributed by atoms with Crippen molar-refractivity contribution in [2.24, 2.45) is 23.2 Å². The third-order valence-electron chi connectivity index (χ3n) is 4.54. The number of allylic oxidation sites excluding steroid dienone is 2. The molecule has 2 aliphatic carbocycles. The second-order valence-electron chi connectivity index (χ2n) is 5.07. The van der Waals surface area contributed by atoms with Gasteiger partial charge in [-0.1, -0.05) is 38.3 Å². The zero-order valence-corrected chi connectivity index (χ0v) is 9.83. The van der Waals surface area contributed by atoms with E-state index in [1.54, 1.807) is 6.92 Å². The van der Waals surface area contributed by atoms with Gasteiger partial charge in [-0.25, -0.2) is 0 Å². The molecule has 2 bridgehead atoms. The second kappa shape index (κ2) is 3.68. The molecule has 1 fully saturated rings. The fraction of sp³-hybridized carbons (Fsp3) is 0.714. The summed E-state index contributed by atoms with van der Waals surface area (Å²) in [5, 5.41) is 10.2. The van der Waals surface area contributed by atoms with E-state index in [0.717, 1.165) is 6.42 Å². The smallest absolute Gasteiger partial charge is 0.120 e. The van der Waals surface area contributed by atoms with Crippen molar-refractivity contribution in [2.75, 3.05) is 0 Å². The summed E-state index contributed by atoms with van der Waals surface area (Å²) in [5.41, 5.74) is -0.0167. The number of aliphatic hydroxyl groups excluding tert-OH is 1. The molecule has 0 radical (unpaired) electrons. The average molecular weight is 204 g/mol. The van der Waals surface area contributed by atoms with Crippen LogP contribution in [-0.4, -0.2) is 11.2 Å². The number of hydrogen-bond acceptors (Lipinski definition) is 1. The Labute approximate surface area is 92.6 Å². The van der Waals surface area contributed by atoms with Crippen molar-refractivity contribution >= 4 is 0 Å². The lowest BCUT2D eigenvalue weighted by molar-refractivity contribution is 0.0178. The molecule has 0 spiro atoms. The minimum absolute atomic E-state index is 0.0167. The minimum Gasteiger partial charge on any atom is -0.380 e. The molecule has 5 unspecified atom stereocenters. The molecule has 15 heavy (non-hydrogen) atoms. The number of rotatable bonds is 2. The molecule has 0 aromatic rings. The molecule has 0 amide bonds. The van der Waals surface area contributed by atoms with Crippen LogP contribution in [0.4, 0.5) is 0 Å². The molecular weight excluding hydrogens is 184 g/mol. The van der Waals surface area contributed by atoms with Crippen molar-refractivity contribution in [2.45, 2.75) is 39.7 Å². The first-order chi connectivity index (χ1) is 7.14. The van der Waals surface area contributed by atoms with E-state index in [1.165, 1.54) is 6.42 Å². The summed E-state index contributed by atoms with van der Waals surface area (Å²) in [7, 11) is 0. The predicted molar refractivity (Wildman–Crippen MR) is 62.1 cm³/mol. The molecule has 2 aliphatic rings. The van der Waals surface area contributed by atoms with Crippen molar-refractivity contribution in [3.63, 3.8) is 0 Å². The van der Waals surface area contributed by atoms with Crippen LogP contribution in [0, 0.1) is 35.0 Å². The Kier molecular flexibility index (Phi) is 2.64. The molecule has 0 aromatic heterocycles. The van der Waals surface area contributed by atoms with Gasteiger partial charge in [0.25, 0.3) is 0 Å². The van der Waals surface area contributed by atoms with E-state index >= 15 is 0 Å². The van der Waals surface area contributed by atoms with Gasteiger partial charge in [-0.2, -0.15) is 0 Å². The normalized spacial score (nSPS) is 43.9. The first-order valence-electron chi connectivity index (χ1n) is 5.93. The lowest BCUT2D eigenvalue weighted by Gasteiger charge is -2.40. The highest BCUT2D eigenvalue weighted by atomic mass is 16.3. The monoisotopic (exact) mass is 204 g/mol. The molecule has 5 atom stereocenters. The van der Waals surface area contributed by atoms with Crippen LogP contribution in [0.25, 0.3) is 0 Å². The van der Waals surface area contributed by atoms with Gasteiger partial charge in [0.05, 0.1) is 0 Å². The van der Waals surface area contributed by atoms with E-state index in [1.807, 2.05) is 0 Å². The molecular formula is C14H20O. The summed E-state index contributed by atoms with van der Waals surface area (Å²) < 4.78 is 0. The maximum atomic E-state index is 10.2. The topological polar surface area (TPSA) is 20.2 Å². The first-order valence-corrected chi connectivity index (χ1v) is 5.93. The average Bonchev–Trinajstić information content (AvgIpc) is 2.77. The van der Waals surface area contributed by atoms with Crippen LogP contribution in [0.1, 0.15) is 33.6 Å². The standard InChI is InChI=1S/C14H20O/c1-4-6-13(15)14(3)11-8-7-10(9-11)12(14)5-2/h7-8,10-13,15H,5,9H2,1-3H3. The lowest BCUT2D eigenvalue weighted by atomic mass is 9.65. The van der Waals surface area contributed by atoms with Gasteiger partial charge in [-0.15, -0.1) is 5.92 Å². The predicted octanol–water partition coefficient (Wildman–Crippen LogP) is 2.61. The lowest BCUT2D eigenvalue weighted by Crippen LogP contribution is -2.41. The number of fused-ring (bicyclic) bond motifs is 2. The number of hydrogen-bond donors (Lipinski definition) is 1. The Morgan fingerprint density at radius 2 is 2.27 bits per heavy atom. The van der Waals surface area contributed by atoms with Crippen molar-refractivity contribution in [1.29, 1.82) is 0 Å². The largest absolute Gasteiger partial charge is 0.380 e. The zero-order valence-electron chi connectivity index (χ0n) is 9.83. The maximum Gasteiger partial charge on any atom is 0.120 e. The molecule has 0 aliphatic heterocycles. The summed E-state index contributed by atoms with van der Waals surface area (Å²) in [6.07, 6.45) is 6.53. The molecule has 2 rings (SSSR count). The Morgan fingerprint density at radius 3 is 2.87 bits per heavy atom.